The molecule has 2 heterocycles. The van der Waals surface area contributed by atoms with E-state index in [1.807, 2.05) is 18.3 Å². The number of halogens is 3. The summed E-state index contributed by atoms with van der Waals surface area (Å²) < 4.78 is 42.9. The Labute approximate surface area is 166 Å². The van der Waals surface area contributed by atoms with E-state index in [0.717, 1.165) is 40.9 Å². The van der Waals surface area contributed by atoms with Crippen LogP contribution in [-0.2, 0) is 6.42 Å². The molecular formula is C22H22F3N3O. The van der Waals surface area contributed by atoms with Gasteiger partial charge in [-0.15, -0.1) is 13.2 Å². The number of rotatable bonds is 4. The number of pyridine rings is 1. The van der Waals surface area contributed by atoms with Gasteiger partial charge in [0.2, 0.25) is 0 Å². The molecule has 2 aliphatic rings. The zero-order valence-electron chi connectivity index (χ0n) is 15.9. The van der Waals surface area contributed by atoms with Crippen molar-refractivity contribution in [3.8, 4) is 16.9 Å². The minimum atomic E-state index is -4.69. The third-order valence-corrected chi connectivity index (χ3v) is 6.49. The molecule has 7 heteroatoms. The third kappa shape index (κ3) is 3.70. The van der Waals surface area contributed by atoms with Gasteiger partial charge in [-0.25, -0.2) is 9.50 Å². The lowest BCUT2D eigenvalue weighted by Crippen LogP contribution is -2.22. The molecule has 0 radical (unpaired) electrons. The van der Waals surface area contributed by atoms with Gasteiger partial charge < -0.3 is 4.74 Å². The topological polar surface area (TPSA) is 39.4 Å². The summed E-state index contributed by atoms with van der Waals surface area (Å²) in [6.45, 7) is 0. The minimum Gasteiger partial charge on any atom is -0.406 e. The number of hydrogen-bond donors (Lipinski definition) is 0. The number of aromatic nitrogens is 3. The van der Waals surface area contributed by atoms with E-state index in [-0.39, 0.29) is 5.75 Å². The number of alkyl halides is 3. The fraction of sp³-hybridized carbons (Fsp3) is 0.455. The van der Waals surface area contributed by atoms with Crippen LogP contribution in [-0.4, -0.2) is 21.0 Å². The van der Waals surface area contributed by atoms with E-state index in [1.165, 1.54) is 44.2 Å². The first kappa shape index (κ1) is 18.5. The number of fused-ring (bicyclic) bond motifs is 3. The van der Waals surface area contributed by atoms with Crippen molar-refractivity contribution < 1.29 is 17.9 Å². The summed E-state index contributed by atoms with van der Waals surface area (Å²) in [6, 6.07) is 9.67. The lowest BCUT2D eigenvalue weighted by atomic mass is 9.77. The van der Waals surface area contributed by atoms with Gasteiger partial charge in [-0.05, 0) is 60.4 Å². The van der Waals surface area contributed by atoms with Gasteiger partial charge in [0.05, 0.1) is 0 Å². The number of benzene rings is 1. The maximum Gasteiger partial charge on any atom is 0.573 e. The van der Waals surface area contributed by atoms with Crippen molar-refractivity contribution in [3.63, 3.8) is 0 Å². The molecule has 0 N–H and O–H groups in total. The average Bonchev–Trinajstić information content (AvgIpc) is 3.17. The highest BCUT2D eigenvalue weighted by Crippen LogP contribution is 2.47. The Bertz CT molecular complexity index is 996. The van der Waals surface area contributed by atoms with E-state index in [4.69, 9.17) is 4.98 Å². The molecule has 2 fully saturated rings. The van der Waals surface area contributed by atoms with Gasteiger partial charge in [0.1, 0.15) is 5.75 Å². The summed E-state index contributed by atoms with van der Waals surface area (Å²) >= 11 is 0. The smallest absolute Gasteiger partial charge is 0.406 e. The summed E-state index contributed by atoms with van der Waals surface area (Å²) in [5.41, 5.74) is 2.35. The van der Waals surface area contributed by atoms with E-state index in [2.05, 4.69) is 9.84 Å². The van der Waals surface area contributed by atoms with Crippen LogP contribution in [0.4, 0.5) is 13.2 Å². The summed E-state index contributed by atoms with van der Waals surface area (Å²) in [4.78, 5) is 4.80. The zero-order chi connectivity index (χ0) is 20.0. The molecule has 4 nitrogen and oxygen atoms in total. The molecule has 1 aromatic carbocycles. The van der Waals surface area contributed by atoms with Gasteiger partial charge in [-0.2, -0.15) is 5.10 Å². The van der Waals surface area contributed by atoms with Crippen LogP contribution >= 0.6 is 0 Å². The molecule has 0 amide bonds. The van der Waals surface area contributed by atoms with E-state index >= 15 is 0 Å². The largest absolute Gasteiger partial charge is 0.573 e. The SMILES string of the molecule is FC(F)(F)Oc1ccc(-c2cccn3nc(CC4[C@@H]5CCC[C@H]4CC5)nc23)cc1. The Morgan fingerprint density at radius 2 is 1.72 bits per heavy atom. The van der Waals surface area contributed by atoms with Crippen molar-refractivity contribution in [2.45, 2.75) is 44.9 Å². The summed E-state index contributed by atoms with van der Waals surface area (Å²) in [7, 11) is 0. The van der Waals surface area contributed by atoms with Crippen LogP contribution in [0.5, 0.6) is 5.75 Å². The Morgan fingerprint density at radius 3 is 2.41 bits per heavy atom. The molecule has 3 aromatic rings. The average molecular weight is 401 g/mol. The van der Waals surface area contributed by atoms with Crippen LogP contribution in [0.2, 0.25) is 0 Å². The zero-order valence-corrected chi connectivity index (χ0v) is 15.9. The maximum absolute atomic E-state index is 12.4. The molecule has 1 unspecified atom stereocenters. The first-order valence-electron chi connectivity index (χ1n) is 10.2. The van der Waals surface area contributed by atoms with Crippen molar-refractivity contribution in [2.75, 3.05) is 0 Å². The summed E-state index contributed by atoms with van der Waals surface area (Å²) in [5, 5.41) is 4.69. The van der Waals surface area contributed by atoms with Crippen LogP contribution in [0.1, 0.15) is 37.9 Å². The highest BCUT2D eigenvalue weighted by atomic mass is 19.4. The van der Waals surface area contributed by atoms with Crippen LogP contribution in [0.15, 0.2) is 42.6 Å². The highest BCUT2D eigenvalue weighted by molar-refractivity contribution is 5.77. The van der Waals surface area contributed by atoms with Crippen LogP contribution < -0.4 is 4.74 Å². The normalized spacial score (nSPS) is 24.2. The van der Waals surface area contributed by atoms with Gasteiger partial charge in [0.25, 0.3) is 0 Å². The quantitative estimate of drug-likeness (QED) is 0.566. The van der Waals surface area contributed by atoms with E-state index in [0.29, 0.717) is 5.92 Å². The molecule has 5 rings (SSSR count). The molecule has 0 spiro atoms. The Balaban J connectivity index is 1.42. The fourth-order valence-corrected chi connectivity index (χ4v) is 5.24. The molecule has 2 aromatic heterocycles. The number of nitrogens with zero attached hydrogens (tertiary/aromatic N) is 3. The van der Waals surface area contributed by atoms with Crippen molar-refractivity contribution in [3.05, 3.63) is 48.4 Å². The van der Waals surface area contributed by atoms with Gasteiger partial charge >= 0.3 is 6.36 Å². The van der Waals surface area contributed by atoms with Crippen LogP contribution in [0, 0.1) is 17.8 Å². The fourth-order valence-electron chi connectivity index (χ4n) is 5.24. The lowest BCUT2D eigenvalue weighted by Gasteiger charge is -2.29. The van der Waals surface area contributed by atoms with E-state index < -0.39 is 6.36 Å². The molecule has 152 valence electrons. The molecule has 3 atom stereocenters. The second kappa shape index (κ2) is 7.04. The van der Waals surface area contributed by atoms with Crippen molar-refractivity contribution in [1.82, 2.24) is 14.6 Å². The first-order chi connectivity index (χ1) is 14.0. The van der Waals surface area contributed by atoms with Gasteiger partial charge in [0.15, 0.2) is 11.5 Å². The van der Waals surface area contributed by atoms with Crippen molar-refractivity contribution in [2.24, 2.45) is 17.8 Å². The predicted molar refractivity (Wildman–Crippen MR) is 102 cm³/mol. The molecule has 29 heavy (non-hydrogen) atoms. The van der Waals surface area contributed by atoms with Crippen molar-refractivity contribution >= 4 is 5.65 Å². The predicted octanol–water partition coefficient (Wildman–Crippen LogP) is 5.66. The minimum absolute atomic E-state index is 0.233. The van der Waals surface area contributed by atoms with Crippen LogP contribution in [0.25, 0.3) is 16.8 Å². The summed E-state index contributed by atoms with van der Waals surface area (Å²) in [5.74, 6) is 2.92. The number of hydrogen-bond acceptors (Lipinski definition) is 3. The standard InChI is InChI=1S/C22H22F3N3O/c23-22(24,25)29-17-10-8-16(9-11-17)18-5-2-12-28-21(18)26-20(27-28)13-19-14-3-1-4-15(19)7-6-14/h2,5,8-12,14-15,19H,1,3-4,6-7,13H2/t14-,15+,19?. The second-order valence-corrected chi connectivity index (χ2v) is 8.19. The van der Waals surface area contributed by atoms with Gasteiger partial charge in [0, 0.05) is 18.2 Å². The Kier molecular flexibility index (Phi) is 4.48. The molecule has 2 aliphatic carbocycles. The molecule has 2 saturated carbocycles. The molecular weight excluding hydrogens is 379 g/mol. The Hall–Kier alpha value is -2.57. The third-order valence-electron chi connectivity index (χ3n) is 6.49. The van der Waals surface area contributed by atoms with Crippen LogP contribution in [0.3, 0.4) is 0 Å². The highest BCUT2D eigenvalue weighted by Gasteiger charge is 2.39. The van der Waals surface area contributed by atoms with E-state index in [1.54, 1.807) is 16.6 Å². The Morgan fingerprint density at radius 1 is 1.00 bits per heavy atom. The van der Waals surface area contributed by atoms with Gasteiger partial charge in [-0.3, -0.25) is 0 Å². The van der Waals surface area contributed by atoms with E-state index in [9.17, 15) is 13.2 Å². The van der Waals surface area contributed by atoms with Crippen molar-refractivity contribution in [1.29, 1.82) is 0 Å². The molecule has 2 bridgehead atoms. The number of ether oxygens (including phenoxy) is 1. The lowest BCUT2D eigenvalue weighted by molar-refractivity contribution is -0.274. The molecule has 0 saturated heterocycles. The monoisotopic (exact) mass is 401 g/mol. The molecule has 0 aliphatic heterocycles. The maximum atomic E-state index is 12.4. The van der Waals surface area contributed by atoms with Gasteiger partial charge in [-0.1, -0.05) is 31.4 Å². The first-order valence-corrected chi connectivity index (χ1v) is 10.2. The second-order valence-electron chi connectivity index (χ2n) is 8.19. The summed E-state index contributed by atoms with van der Waals surface area (Å²) in [6.07, 6.45) is 4.75.